The molecule has 0 bridgehead atoms. The van der Waals surface area contributed by atoms with Crippen LogP contribution in [0.1, 0.15) is 106 Å². The summed E-state index contributed by atoms with van der Waals surface area (Å²) >= 11 is 0. The Morgan fingerprint density at radius 3 is 2.11 bits per heavy atom. The molecule has 2 atom stereocenters. The first kappa shape index (κ1) is 24.9. The Bertz CT molecular complexity index is 517. The van der Waals surface area contributed by atoms with Crippen LogP contribution in [0.2, 0.25) is 0 Å². The van der Waals surface area contributed by atoms with Gasteiger partial charge in [-0.05, 0) is 56.3 Å². The molecular formula is C26H48N2. The third-order valence-corrected chi connectivity index (χ3v) is 6.57. The van der Waals surface area contributed by atoms with E-state index in [9.17, 15) is 0 Å². The van der Waals surface area contributed by atoms with Gasteiger partial charge in [-0.15, -0.1) is 0 Å². The zero-order valence-electron chi connectivity index (χ0n) is 19.8. The Morgan fingerprint density at radius 2 is 1.61 bits per heavy atom. The average molecular weight is 389 g/mol. The zero-order chi connectivity index (χ0) is 21.4. The molecule has 2 nitrogen and oxygen atoms in total. The molecule has 0 aromatic rings. The van der Waals surface area contributed by atoms with E-state index < -0.39 is 0 Å². The Balaban J connectivity index is 2.72. The van der Waals surface area contributed by atoms with Crippen molar-refractivity contribution in [3.63, 3.8) is 0 Å². The summed E-state index contributed by atoms with van der Waals surface area (Å²) in [4.78, 5) is 0. The van der Waals surface area contributed by atoms with Crippen molar-refractivity contribution in [3.05, 3.63) is 36.7 Å². The zero-order valence-corrected chi connectivity index (χ0v) is 19.8. The predicted octanol–water partition coefficient (Wildman–Crippen LogP) is 7.49. The molecule has 0 radical (unpaired) electrons. The van der Waals surface area contributed by atoms with E-state index in [1.807, 2.05) is 0 Å². The van der Waals surface area contributed by atoms with Crippen LogP contribution in [0.15, 0.2) is 36.7 Å². The van der Waals surface area contributed by atoms with Crippen molar-refractivity contribution in [3.8, 4) is 0 Å². The third kappa shape index (κ3) is 8.05. The van der Waals surface area contributed by atoms with Crippen LogP contribution in [0.25, 0.3) is 0 Å². The highest BCUT2D eigenvalue weighted by Crippen LogP contribution is 2.41. The van der Waals surface area contributed by atoms with Crippen LogP contribution in [0.3, 0.4) is 0 Å². The van der Waals surface area contributed by atoms with Crippen molar-refractivity contribution in [1.29, 1.82) is 0 Å². The van der Waals surface area contributed by atoms with Gasteiger partial charge in [-0.2, -0.15) is 0 Å². The smallest absolute Gasteiger partial charge is 0.0919 e. The monoisotopic (exact) mass is 388 g/mol. The average Bonchev–Trinajstić information content (AvgIpc) is 2.60. The molecule has 0 aliphatic heterocycles. The van der Waals surface area contributed by atoms with Crippen molar-refractivity contribution < 1.29 is 0 Å². The van der Waals surface area contributed by atoms with E-state index in [1.165, 1.54) is 56.1 Å². The number of allylic oxidation sites excluding steroid dienone is 1. The summed E-state index contributed by atoms with van der Waals surface area (Å²) in [6.07, 6.45) is 12.4. The molecule has 2 heteroatoms. The SMILES string of the molecule is C=C(CCCC)CCC(NC(=C)NC(C(=C)C)C1(C)CCCCC1)C(C)(C)C. The standard InChI is InChI=1S/C26H48N2/c1-10-11-15-21(4)16-17-23(25(6,7)8)27-22(5)28-24(20(2)3)26(9)18-13-12-14-19-26/h23-24,27-28H,2,4-5,10-19H2,1,3,6-9H3. The lowest BCUT2D eigenvalue weighted by Crippen LogP contribution is -2.50. The van der Waals surface area contributed by atoms with Crippen LogP contribution in [0.4, 0.5) is 0 Å². The van der Waals surface area contributed by atoms with Crippen molar-refractivity contribution in [2.45, 2.75) is 118 Å². The Hall–Kier alpha value is -1.18. The van der Waals surface area contributed by atoms with E-state index >= 15 is 0 Å². The molecule has 1 aliphatic rings. The normalized spacial score (nSPS) is 18.8. The van der Waals surface area contributed by atoms with Crippen molar-refractivity contribution in [1.82, 2.24) is 10.6 Å². The van der Waals surface area contributed by atoms with Gasteiger partial charge in [-0.25, -0.2) is 0 Å². The first-order valence-corrected chi connectivity index (χ1v) is 11.5. The number of nitrogens with one attached hydrogen (secondary N) is 2. The van der Waals surface area contributed by atoms with Gasteiger partial charge in [0.05, 0.1) is 11.9 Å². The summed E-state index contributed by atoms with van der Waals surface area (Å²) in [5.74, 6) is 0.943. The fourth-order valence-corrected chi connectivity index (χ4v) is 4.59. The van der Waals surface area contributed by atoms with E-state index in [1.54, 1.807) is 0 Å². The third-order valence-electron chi connectivity index (χ3n) is 6.57. The Kier molecular flexibility index (Phi) is 9.87. The minimum Gasteiger partial charge on any atom is -0.369 e. The van der Waals surface area contributed by atoms with Gasteiger partial charge in [0.15, 0.2) is 0 Å². The first-order valence-electron chi connectivity index (χ1n) is 11.5. The van der Waals surface area contributed by atoms with Crippen molar-refractivity contribution in [2.75, 3.05) is 0 Å². The molecule has 1 rings (SSSR count). The van der Waals surface area contributed by atoms with Gasteiger partial charge in [-0.1, -0.05) is 91.2 Å². The molecule has 0 aromatic heterocycles. The van der Waals surface area contributed by atoms with Crippen LogP contribution in [-0.2, 0) is 0 Å². The molecule has 1 saturated carbocycles. The maximum Gasteiger partial charge on any atom is 0.0919 e. The second-order valence-electron chi connectivity index (χ2n) is 10.6. The molecule has 0 amide bonds. The largest absolute Gasteiger partial charge is 0.369 e. The first-order chi connectivity index (χ1) is 13.0. The minimum atomic E-state index is 0.170. The Labute approximate surface area is 176 Å². The van der Waals surface area contributed by atoms with E-state index in [0.717, 1.165) is 25.1 Å². The van der Waals surface area contributed by atoms with Crippen LogP contribution in [0.5, 0.6) is 0 Å². The van der Waals surface area contributed by atoms with Gasteiger partial charge in [-0.3, -0.25) is 0 Å². The lowest BCUT2D eigenvalue weighted by atomic mass is 9.69. The molecule has 0 spiro atoms. The van der Waals surface area contributed by atoms with E-state index in [4.69, 9.17) is 0 Å². The van der Waals surface area contributed by atoms with Crippen LogP contribution < -0.4 is 10.6 Å². The second-order valence-corrected chi connectivity index (χ2v) is 10.6. The molecule has 162 valence electrons. The van der Waals surface area contributed by atoms with Crippen LogP contribution in [-0.4, -0.2) is 12.1 Å². The summed E-state index contributed by atoms with van der Waals surface area (Å²) in [5, 5.41) is 7.45. The molecular weight excluding hydrogens is 340 g/mol. The minimum absolute atomic E-state index is 0.170. The van der Waals surface area contributed by atoms with E-state index in [-0.39, 0.29) is 16.9 Å². The predicted molar refractivity (Wildman–Crippen MR) is 126 cm³/mol. The topological polar surface area (TPSA) is 24.1 Å². The molecule has 0 saturated heterocycles. The molecule has 0 heterocycles. The number of rotatable bonds is 12. The summed E-state index contributed by atoms with van der Waals surface area (Å²) in [6, 6.07) is 0.656. The molecule has 28 heavy (non-hydrogen) atoms. The lowest BCUT2D eigenvalue weighted by Gasteiger charge is -2.43. The number of hydrogen-bond donors (Lipinski definition) is 2. The van der Waals surface area contributed by atoms with Gasteiger partial charge in [0.25, 0.3) is 0 Å². The van der Waals surface area contributed by atoms with E-state index in [2.05, 4.69) is 71.9 Å². The summed E-state index contributed by atoms with van der Waals surface area (Å²) < 4.78 is 0. The van der Waals surface area contributed by atoms with E-state index in [0.29, 0.717) is 6.04 Å². The Morgan fingerprint density at radius 1 is 1.00 bits per heavy atom. The molecule has 1 fully saturated rings. The van der Waals surface area contributed by atoms with Gasteiger partial charge >= 0.3 is 0 Å². The maximum absolute atomic E-state index is 4.35. The molecule has 0 aromatic carbocycles. The summed E-state index contributed by atoms with van der Waals surface area (Å²) in [6.45, 7) is 26.7. The number of unbranched alkanes of at least 4 members (excludes halogenated alkanes) is 1. The van der Waals surface area contributed by atoms with Gasteiger partial charge in [0.2, 0.25) is 0 Å². The van der Waals surface area contributed by atoms with Crippen molar-refractivity contribution in [2.24, 2.45) is 10.8 Å². The lowest BCUT2D eigenvalue weighted by molar-refractivity contribution is 0.166. The van der Waals surface area contributed by atoms with Gasteiger partial charge in [0, 0.05) is 6.04 Å². The highest BCUT2D eigenvalue weighted by atomic mass is 15.1. The fraction of sp³-hybridized carbons (Fsp3) is 0.769. The highest BCUT2D eigenvalue weighted by Gasteiger charge is 2.36. The van der Waals surface area contributed by atoms with Crippen LogP contribution >= 0.6 is 0 Å². The van der Waals surface area contributed by atoms with Gasteiger partial charge in [0.1, 0.15) is 0 Å². The molecule has 2 N–H and O–H groups in total. The fourth-order valence-electron chi connectivity index (χ4n) is 4.59. The highest BCUT2D eigenvalue weighted by molar-refractivity contribution is 5.14. The molecule has 2 unspecified atom stereocenters. The maximum atomic E-state index is 4.35. The van der Waals surface area contributed by atoms with Crippen molar-refractivity contribution >= 4 is 0 Å². The number of hydrogen-bond acceptors (Lipinski definition) is 2. The summed E-state index contributed by atoms with van der Waals surface area (Å²) in [7, 11) is 0. The van der Waals surface area contributed by atoms with Gasteiger partial charge < -0.3 is 10.6 Å². The van der Waals surface area contributed by atoms with Crippen LogP contribution in [0, 0.1) is 10.8 Å². The quantitative estimate of drug-likeness (QED) is 0.338. The second kappa shape index (κ2) is 11.1. The summed E-state index contributed by atoms with van der Waals surface area (Å²) in [5.41, 5.74) is 3.04. The molecule has 1 aliphatic carbocycles.